The van der Waals surface area contributed by atoms with Crippen LogP contribution in [0, 0.1) is 5.92 Å². The van der Waals surface area contributed by atoms with Crippen LogP contribution in [-0.4, -0.2) is 83.3 Å². The van der Waals surface area contributed by atoms with Crippen molar-refractivity contribution in [3.63, 3.8) is 0 Å². The van der Waals surface area contributed by atoms with Gasteiger partial charge in [0.25, 0.3) is 0 Å². The standard InChI is InChI=1S/C35H45N5O5S/c1-25(2)24-40(46(4,43)44)33-12-8-7-11-32(33)38-17-19-39(20-18-38)35(42)31(21-26-13-15-29(45-3)16-14-26)37-34(41)30-22-27-9-5-6-10-28(27)23-36-30/h5-16,25,30-31,36H,17-24H2,1-4H3,(H,37,41). The fraction of sp³-hybridized carbons (Fsp3) is 0.429. The molecule has 2 aliphatic heterocycles. The minimum Gasteiger partial charge on any atom is -0.497 e. The maximum Gasteiger partial charge on any atom is 0.245 e. The molecule has 3 aromatic rings. The Morgan fingerprint density at radius 3 is 2.26 bits per heavy atom. The summed E-state index contributed by atoms with van der Waals surface area (Å²) in [5.41, 5.74) is 4.71. The quantitative estimate of drug-likeness (QED) is 0.329. The summed E-state index contributed by atoms with van der Waals surface area (Å²) >= 11 is 0. The Kier molecular flexibility index (Phi) is 10.5. The van der Waals surface area contributed by atoms with Gasteiger partial charge >= 0.3 is 0 Å². The summed E-state index contributed by atoms with van der Waals surface area (Å²) in [5, 5.41) is 6.41. The van der Waals surface area contributed by atoms with Gasteiger partial charge in [-0.25, -0.2) is 8.42 Å². The number of methoxy groups -OCH3 is 1. The first kappa shape index (κ1) is 33.3. The van der Waals surface area contributed by atoms with Crippen LogP contribution in [0.4, 0.5) is 11.4 Å². The summed E-state index contributed by atoms with van der Waals surface area (Å²) in [6.45, 7) is 6.93. The zero-order valence-electron chi connectivity index (χ0n) is 27.1. The minimum absolute atomic E-state index is 0.133. The lowest BCUT2D eigenvalue weighted by atomic mass is 9.95. The van der Waals surface area contributed by atoms with Crippen LogP contribution in [0.1, 0.15) is 30.5 Å². The van der Waals surface area contributed by atoms with Gasteiger partial charge in [-0.1, -0.05) is 62.4 Å². The van der Waals surface area contributed by atoms with Crippen LogP contribution < -0.4 is 24.6 Å². The number of nitrogens with zero attached hydrogens (tertiary/aromatic N) is 3. The molecule has 46 heavy (non-hydrogen) atoms. The van der Waals surface area contributed by atoms with Gasteiger partial charge in [0.05, 0.1) is 30.8 Å². The van der Waals surface area contributed by atoms with Crippen molar-refractivity contribution in [2.75, 3.05) is 55.3 Å². The highest BCUT2D eigenvalue weighted by Crippen LogP contribution is 2.32. The van der Waals surface area contributed by atoms with E-state index in [-0.39, 0.29) is 17.7 Å². The highest BCUT2D eigenvalue weighted by atomic mass is 32.2. The maximum atomic E-state index is 14.1. The van der Waals surface area contributed by atoms with Crippen LogP contribution in [0.3, 0.4) is 0 Å². The molecule has 2 amide bonds. The molecule has 246 valence electrons. The van der Waals surface area contributed by atoms with Gasteiger partial charge in [0.15, 0.2) is 0 Å². The molecular weight excluding hydrogens is 602 g/mol. The summed E-state index contributed by atoms with van der Waals surface area (Å²) in [5.74, 6) is 0.541. The van der Waals surface area contributed by atoms with Crippen molar-refractivity contribution in [2.24, 2.45) is 5.92 Å². The van der Waals surface area contributed by atoms with Crippen molar-refractivity contribution in [2.45, 2.75) is 45.3 Å². The molecule has 10 nitrogen and oxygen atoms in total. The molecule has 0 aromatic heterocycles. The van der Waals surface area contributed by atoms with E-state index in [1.54, 1.807) is 12.0 Å². The van der Waals surface area contributed by atoms with Crippen LogP contribution in [0.2, 0.25) is 0 Å². The van der Waals surface area contributed by atoms with Crippen molar-refractivity contribution in [3.8, 4) is 5.75 Å². The van der Waals surface area contributed by atoms with E-state index in [0.717, 1.165) is 22.6 Å². The average molecular weight is 648 g/mol. The summed E-state index contributed by atoms with van der Waals surface area (Å²) in [7, 11) is -1.88. The second-order valence-corrected chi connectivity index (χ2v) is 14.4. The van der Waals surface area contributed by atoms with Gasteiger partial charge in [0, 0.05) is 45.7 Å². The Balaban J connectivity index is 1.31. The fourth-order valence-corrected chi connectivity index (χ4v) is 7.26. The molecule has 2 heterocycles. The summed E-state index contributed by atoms with van der Waals surface area (Å²) in [6, 6.07) is 22.0. The number of carbonyl (C=O) groups excluding carboxylic acids is 2. The molecule has 0 aliphatic carbocycles. The van der Waals surface area contributed by atoms with E-state index in [1.165, 1.54) is 16.1 Å². The fourth-order valence-electron chi connectivity index (χ4n) is 6.18. The molecule has 0 saturated carbocycles. The van der Waals surface area contributed by atoms with Crippen molar-refractivity contribution in [1.82, 2.24) is 15.5 Å². The largest absolute Gasteiger partial charge is 0.497 e. The second kappa shape index (κ2) is 14.6. The lowest BCUT2D eigenvalue weighted by molar-refractivity contribution is -0.137. The van der Waals surface area contributed by atoms with Gasteiger partial charge in [0.1, 0.15) is 11.8 Å². The Bertz CT molecular complexity index is 1620. The number of piperazine rings is 1. The second-order valence-electron chi connectivity index (χ2n) is 12.5. The van der Waals surface area contributed by atoms with Gasteiger partial charge in [0.2, 0.25) is 21.8 Å². The van der Waals surface area contributed by atoms with Crippen LogP contribution in [-0.2, 0) is 39.0 Å². The van der Waals surface area contributed by atoms with E-state index in [0.29, 0.717) is 57.8 Å². The van der Waals surface area contributed by atoms with Crippen molar-refractivity contribution in [3.05, 3.63) is 89.5 Å². The molecule has 3 aromatic carbocycles. The molecular formula is C35H45N5O5S. The predicted octanol–water partition coefficient (Wildman–Crippen LogP) is 3.21. The molecule has 5 rings (SSSR count). The third-order valence-electron chi connectivity index (χ3n) is 8.63. The molecule has 2 aliphatic rings. The highest BCUT2D eigenvalue weighted by Gasteiger charge is 2.33. The number of anilines is 2. The third-order valence-corrected chi connectivity index (χ3v) is 9.77. The number of hydrogen-bond donors (Lipinski definition) is 2. The van der Waals surface area contributed by atoms with Gasteiger partial charge in [-0.15, -0.1) is 0 Å². The van der Waals surface area contributed by atoms with Crippen LogP contribution >= 0.6 is 0 Å². The maximum absolute atomic E-state index is 14.1. The van der Waals surface area contributed by atoms with E-state index in [4.69, 9.17) is 4.74 Å². The average Bonchev–Trinajstić information content (AvgIpc) is 3.06. The van der Waals surface area contributed by atoms with Gasteiger partial charge in [-0.3, -0.25) is 13.9 Å². The Morgan fingerprint density at radius 1 is 0.957 bits per heavy atom. The highest BCUT2D eigenvalue weighted by molar-refractivity contribution is 7.92. The number of ether oxygens (including phenoxy) is 1. The zero-order chi connectivity index (χ0) is 32.8. The van der Waals surface area contributed by atoms with Gasteiger partial charge < -0.3 is 25.2 Å². The number of nitrogens with one attached hydrogen (secondary N) is 2. The van der Waals surface area contributed by atoms with Gasteiger partial charge in [-0.2, -0.15) is 0 Å². The number of fused-ring (bicyclic) bond motifs is 1. The molecule has 1 fully saturated rings. The predicted molar refractivity (Wildman–Crippen MR) is 182 cm³/mol. The SMILES string of the molecule is COc1ccc(CC(NC(=O)C2Cc3ccccc3CN2)C(=O)N2CCN(c3ccccc3N(CC(C)C)S(C)(=O)=O)CC2)cc1. The van der Waals surface area contributed by atoms with Crippen LogP contribution in [0.15, 0.2) is 72.8 Å². The monoisotopic (exact) mass is 647 g/mol. The summed E-state index contributed by atoms with van der Waals surface area (Å²) in [4.78, 5) is 31.6. The van der Waals surface area contributed by atoms with Gasteiger partial charge in [-0.05, 0) is 53.3 Å². The Morgan fingerprint density at radius 2 is 1.61 bits per heavy atom. The number of hydrogen-bond acceptors (Lipinski definition) is 7. The van der Waals surface area contributed by atoms with Crippen LogP contribution in [0.5, 0.6) is 5.75 Å². The Hall–Kier alpha value is -4.09. The topological polar surface area (TPSA) is 111 Å². The third kappa shape index (κ3) is 8.00. The lowest BCUT2D eigenvalue weighted by Gasteiger charge is -2.39. The minimum atomic E-state index is -3.49. The van der Waals surface area contributed by atoms with E-state index >= 15 is 0 Å². The lowest BCUT2D eigenvalue weighted by Crippen LogP contribution is -2.58. The number of amides is 2. The first-order valence-corrected chi connectivity index (χ1v) is 17.7. The molecule has 2 N–H and O–H groups in total. The van der Waals surface area contributed by atoms with Crippen molar-refractivity contribution >= 4 is 33.2 Å². The normalized spacial score (nSPS) is 17.3. The number of rotatable bonds is 11. The number of sulfonamides is 1. The molecule has 2 unspecified atom stereocenters. The van der Waals surface area contributed by atoms with E-state index in [1.807, 2.05) is 80.6 Å². The molecule has 11 heteroatoms. The molecule has 1 saturated heterocycles. The van der Waals surface area contributed by atoms with Crippen molar-refractivity contribution in [1.29, 1.82) is 0 Å². The van der Waals surface area contributed by atoms with E-state index < -0.39 is 22.1 Å². The van der Waals surface area contributed by atoms with Crippen molar-refractivity contribution < 1.29 is 22.7 Å². The number of para-hydroxylation sites is 2. The molecule has 0 radical (unpaired) electrons. The summed E-state index contributed by atoms with van der Waals surface area (Å²) < 4.78 is 32.3. The van der Waals surface area contributed by atoms with E-state index in [2.05, 4.69) is 21.6 Å². The summed E-state index contributed by atoms with van der Waals surface area (Å²) in [6.07, 6.45) is 2.14. The first-order chi connectivity index (χ1) is 22.0. The molecule has 2 atom stereocenters. The molecule has 0 bridgehead atoms. The number of carbonyl (C=O) groups is 2. The Labute approximate surface area is 272 Å². The van der Waals surface area contributed by atoms with Crippen LogP contribution in [0.25, 0.3) is 0 Å². The number of benzene rings is 3. The smallest absolute Gasteiger partial charge is 0.245 e. The van der Waals surface area contributed by atoms with E-state index in [9.17, 15) is 18.0 Å². The zero-order valence-corrected chi connectivity index (χ0v) is 27.9. The first-order valence-electron chi connectivity index (χ1n) is 15.9. The molecule has 0 spiro atoms.